The minimum Gasteiger partial charge on any atom is -0.389 e. The minimum atomic E-state index is -0.625. The Kier molecular flexibility index (Phi) is 2.73. The number of rotatable bonds is 3. The van der Waals surface area contributed by atoms with Gasteiger partial charge in [-0.1, -0.05) is 17.3 Å². The lowest BCUT2D eigenvalue weighted by atomic mass is 10.2. The predicted octanol–water partition coefficient (Wildman–Crippen LogP) is 0.834. The van der Waals surface area contributed by atoms with Gasteiger partial charge in [-0.05, 0) is 25.0 Å². The third kappa shape index (κ3) is 2.11. The Morgan fingerprint density at radius 3 is 2.88 bits per heavy atom. The Bertz CT molecular complexity index is 1180. The van der Waals surface area contributed by atoms with Gasteiger partial charge < -0.3 is 5.11 Å². The van der Waals surface area contributed by atoms with Gasteiger partial charge in [-0.2, -0.15) is 4.68 Å². The van der Waals surface area contributed by atoms with E-state index < -0.39 is 5.60 Å². The Labute approximate surface area is 142 Å². The normalized spacial score (nSPS) is 15.9. The summed E-state index contributed by atoms with van der Waals surface area (Å²) in [4.78, 5) is 17.1. The number of benzene rings is 1. The zero-order valence-electron chi connectivity index (χ0n) is 13.6. The summed E-state index contributed by atoms with van der Waals surface area (Å²) >= 11 is 0. The van der Waals surface area contributed by atoms with Gasteiger partial charge in [0, 0.05) is 13.5 Å². The topological polar surface area (TPSA) is 90.2 Å². The first-order valence-electron chi connectivity index (χ1n) is 8.15. The molecule has 4 aromatic rings. The van der Waals surface area contributed by atoms with Crippen LogP contribution >= 0.6 is 0 Å². The number of aliphatic hydroxyl groups is 1. The number of aryl methyl sites for hydroxylation is 1. The van der Waals surface area contributed by atoms with E-state index in [9.17, 15) is 9.90 Å². The van der Waals surface area contributed by atoms with Gasteiger partial charge >= 0.3 is 0 Å². The van der Waals surface area contributed by atoms with Gasteiger partial charge in [-0.25, -0.2) is 4.98 Å². The van der Waals surface area contributed by atoms with Crippen molar-refractivity contribution in [3.8, 4) is 5.82 Å². The molecule has 25 heavy (non-hydrogen) atoms. The molecule has 0 saturated heterocycles. The van der Waals surface area contributed by atoms with Crippen LogP contribution in [0.1, 0.15) is 18.5 Å². The molecule has 0 amide bonds. The molecule has 0 aliphatic heterocycles. The van der Waals surface area contributed by atoms with Crippen molar-refractivity contribution in [2.75, 3.05) is 0 Å². The van der Waals surface area contributed by atoms with Gasteiger partial charge in [0.05, 0.1) is 28.4 Å². The minimum absolute atomic E-state index is 0.0857. The summed E-state index contributed by atoms with van der Waals surface area (Å²) in [6.45, 7) is 0. The number of imidazole rings is 1. The van der Waals surface area contributed by atoms with E-state index in [2.05, 4.69) is 15.3 Å². The molecule has 8 nitrogen and oxygen atoms in total. The molecule has 5 rings (SSSR count). The van der Waals surface area contributed by atoms with Gasteiger partial charge in [0.25, 0.3) is 5.56 Å². The van der Waals surface area contributed by atoms with Crippen LogP contribution in [-0.2, 0) is 13.5 Å². The molecule has 8 heteroatoms. The first kappa shape index (κ1) is 14.4. The van der Waals surface area contributed by atoms with Crippen molar-refractivity contribution in [3.63, 3.8) is 0 Å². The SMILES string of the molecule is Cn1c(=O)c2ccccc2n2cnc(-n3cc(CC4(O)CC4)nn3)c12. The van der Waals surface area contributed by atoms with E-state index in [0.717, 1.165) is 18.4 Å². The number of fused-ring (bicyclic) bond motifs is 3. The molecule has 1 N–H and O–H groups in total. The first-order chi connectivity index (χ1) is 12.1. The molecule has 0 spiro atoms. The van der Waals surface area contributed by atoms with Gasteiger partial charge in [0.2, 0.25) is 0 Å². The fraction of sp³-hybridized carbons (Fsp3) is 0.294. The van der Waals surface area contributed by atoms with Gasteiger partial charge in [0.1, 0.15) is 6.33 Å². The van der Waals surface area contributed by atoms with Crippen LogP contribution in [-0.4, -0.2) is 39.7 Å². The van der Waals surface area contributed by atoms with E-state index in [1.165, 1.54) is 0 Å². The molecule has 3 heterocycles. The second-order valence-corrected chi connectivity index (χ2v) is 6.70. The fourth-order valence-corrected chi connectivity index (χ4v) is 3.26. The third-order valence-corrected chi connectivity index (χ3v) is 4.84. The van der Waals surface area contributed by atoms with Crippen LogP contribution in [0, 0.1) is 0 Å². The molecule has 126 valence electrons. The van der Waals surface area contributed by atoms with Crippen molar-refractivity contribution < 1.29 is 5.11 Å². The molecule has 0 radical (unpaired) electrons. The van der Waals surface area contributed by atoms with Crippen LogP contribution < -0.4 is 5.56 Å². The average molecular weight is 336 g/mol. The third-order valence-electron chi connectivity index (χ3n) is 4.84. The molecular formula is C17H16N6O2. The smallest absolute Gasteiger partial charge is 0.261 e. The molecule has 3 aromatic heterocycles. The predicted molar refractivity (Wildman–Crippen MR) is 90.7 cm³/mol. The Balaban J connectivity index is 1.71. The highest BCUT2D eigenvalue weighted by atomic mass is 16.3. The molecule has 1 aliphatic rings. The lowest BCUT2D eigenvalue weighted by molar-refractivity contribution is 0.149. The number of hydrogen-bond acceptors (Lipinski definition) is 5. The van der Waals surface area contributed by atoms with E-state index in [1.807, 2.05) is 22.6 Å². The number of nitrogens with zero attached hydrogens (tertiary/aromatic N) is 6. The Morgan fingerprint density at radius 1 is 1.28 bits per heavy atom. The van der Waals surface area contributed by atoms with Gasteiger partial charge in [0.15, 0.2) is 11.5 Å². The van der Waals surface area contributed by atoms with E-state index in [-0.39, 0.29) is 5.56 Å². The lowest BCUT2D eigenvalue weighted by Gasteiger charge is -2.07. The van der Waals surface area contributed by atoms with Crippen molar-refractivity contribution in [3.05, 3.63) is 52.8 Å². The second kappa shape index (κ2) is 4.76. The maximum Gasteiger partial charge on any atom is 0.261 e. The Morgan fingerprint density at radius 2 is 2.08 bits per heavy atom. The summed E-state index contributed by atoms with van der Waals surface area (Å²) in [7, 11) is 1.72. The highest BCUT2D eigenvalue weighted by Crippen LogP contribution is 2.37. The highest BCUT2D eigenvalue weighted by Gasteiger charge is 2.41. The lowest BCUT2D eigenvalue weighted by Crippen LogP contribution is -2.20. The van der Waals surface area contributed by atoms with Gasteiger partial charge in [-0.15, -0.1) is 5.10 Å². The molecular weight excluding hydrogens is 320 g/mol. The standard InChI is InChI=1S/C17H16N6O2/c1-21-15-14(23-9-11(19-20-23)8-17(25)6-7-17)18-10-22(15)13-5-3-2-4-12(13)16(21)24/h2-5,9-10,25H,6-8H2,1H3. The average Bonchev–Trinajstić information content (AvgIpc) is 3.02. The number of hydrogen-bond donors (Lipinski definition) is 1. The van der Waals surface area contributed by atoms with Crippen LogP contribution in [0.4, 0.5) is 0 Å². The maximum atomic E-state index is 12.7. The van der Waals surface area contributed by atoms with Crippen molar-refractivity contribution in [1.82, 2.24) is 28.9 Å². The van der Waals surface area contributed by atoms with Crippen LogP contribution in [0.15, 0.2) is 41.6 Å². The second-order valence-electron chi connectivity index (χ2n) is 6.70. The summed E-state index contributed by atoms with van der Waals surface area (Å²) in [5.74, 6) is 0.534. The van der Waals surface area contributed by atoms with Crippen LogP contribution in [0.3, 0.4) is 0 Å². The van der Waals surface area contributed by atoms with E-state index in [1.54, 1.807) is 34.9 Å². The highest BCUT2D eigenvalue weighted by molar-refractivity contribution is 5.82. The monoisotopic (exact) mass is 336 g/mol. The number of para-hydroxylation sites is 1. The summed E-state index contributed by atoms with van der Waals surface area (Å²) in [5.41, 5.74) is 1.45. The Hall–Kier alpha value is -3.00. The zero-order valence-corrected chi connectivity index (χ0v) is 13.6. The van der Waals surface area contributed by atoms with Gasteiger partial charge in [-0.3, -0.25) is 13.8 Å². The van der Waals surface area contributed by atoms with Crippen LogP contribution in [0.2, 0.25) is 0 Å². The summed E-state index contributed by atoms with van der Waals surface area (Å²) in [6.07, 6.45) is 5.53. The van der Waals surface area contributed by atoms with Crippen LogP contribution in [0.5, 0.6) is 0 Å². The molecule has 0 atom stereocenters. The summed E-state index contributed by atoms with van der Waals surface area (Å²) < 4.78 is 5.01. The van der Waals surface area contributed by atoms with Crippen molar-refractivity contribution in [1.29, 1.82) is 0 Å². The summed E-state index contributed by atoms with van der Waals surface area (Å²) in [6, 6.07) is 7.44. The quantitative estimate of drug-likeness (QED) is 0.598. The van der Waals surface area contributed by atoms with Crippen molar-refractivity contribution in [2.24, 2.45) is 7.05 Å². The van der Waals surface area contributed by atoms with E-state index in [0.29, 0.717) is 29.0 Å². The van der Waals surface area contributed by atoms with Crippen LogP contribution in [0.25, 0.3) is 22.4 Å². The largest absolute Gasteiger partial charge is 0.389 e. The zero-order chi connectivity index (χ0) is 17.2. The fourth-order valence-electron chi connectivity index (χ4n) is 3.26. The maximum absolute atomic E-state index is 12.7. The summed E-state index contributed by atoms with van der Waals surface area (Å²) in [5, 5.41) is 19.0. The van der Waals surface area contributed by atoms with E-state index >= 15 is 0 Å². The molecule has 1 fully saturated rings. The van der Waals surface area contributed by atoms with E-state index in [4.69, 9.17) is 0 Å². The van der Waals surface area contributed by atoms with Crippen molar-refractivity contribution in [2.45, 2.75) is 24.9 Å². The first-order valence-corrected chi connectivity index (χ1v) is 8.15. The molecule has 1 saturated carbocycles. The molecule has 0 unspecified atom stereocenters. The molecule has 1 aromatic carbocycles. The molecule has 1 aliphatic carbocycles. The molecule has 0 bridgehead atoms. The number of aromatic nitrogens is 6. The van der Waals surface area contributed by atoms with Crippen molar-refractivity contribution >= 4 is 16.6 Å².